The Morgan fingerprint density at radius 1 is 1.00 bits per heavy atom. The molecule has 8 nitrogen and oxygen atoms in total. The highest BCUT2D eigenvalue weighted by molar-refractivity contribution is 5.88. The topological polar surface area (TPSA) is 74.3 Å². The van der Waals surface area contributed by atoms with Gasteiger partial charge in [0, 0.05) is 51.5 Å². The molecule has 0 aromatic rings. The van der Waals surface area contributed by atoms with Crippen molar-refractivity contribution in [3.05, 3.63) is 0 Å². The zero-order valence-electron chi connectivity index (χ0n) is 22.9. The fraction of sp³-hybridized carbons (Fsp3) is 0.926. The summed E-state index contributed by atoms with van der Waals surface area (Å²) in [5.74, 6) is 1.30. The van der Waals surface area contributed by atoms with Gasteiger partial charge in [-0.15, -0.1) is 0 Å². The van der Waals surface area contributed by atoms with Crippen LogP contribution in [-0.2, 0) is 19.1 Å². The second kappa shape index (κ2) is 13.4. The maximum atomic E-state index is 12.9. The largest absolute Gasteiger partial charge is 0.349 e. The van der Waals surface area contributed by atoms with E-state index < -0.39 is 5.79 Å². The molecule has 0 bridgehead atoms. The number of piperidine rings is 1. The quantitative estimate of drug-likeness (QED) is 0.612. The lowest BCUT2D eigenvalue weighted by Gasteiger charge is -2.46. The van der Waals surface area contributed by atoms with E-state index in [1.807, 2.05) is 4.90 Å². The van der Waals surface area contributed by atoms with Crippen molar-refractivity contribution < 1.29 is 19.1 Å². The summed E-state index contributed by atoms with van der Waals surface area (Å²) in [6.07, 6.45) is 4.84. The summed E-state index contributed by atoms with van der Waals surface area (Å²) >= 11 is 0. The zero-order chi connectivity index (χ0) is 25.4. The number of rotatable bonds is 6. The number of hydrogen-bond acceptors (Lipinski definition) is 6. The molecular formula is C27H50N4O4. The summed E-state index contributed by atoms with van der Waals surface area (Å²) in [4.78, 5) is 31.7. The second-order valence-corrected chi connectivity index (χ2v) is 11.9. The lowest BCUT2D eigenvalue weighted by Crippen LogP contribution is -2.59. The van der Waals surface area contributed by atoms with Gasteiger partial charge < -0.3 is 29.5 Å². The first-order valence-corrected chi connectivity index (χ1v) is 14.0. The number of amides is 2. The normalized spacial score (nSPS) is 25.9. The fourth-order valence-electron chi connectivity index (χ4n) is 5.32. The molecule has 0 aromatic carbocycles. The minimum Gasteiger partial charge on any atom is -0.349 e. The lowest BCUT2D eigenvalue weighted by atomic mass is 10.00. The van der Waals surface area contributed by atoms with E-state index in [-0.39, 0.29) is 24.4 Å². The SMILES string of the molecule is CC(C)C.CC(C)CC1NCCN(CC(=O)N2CCC3(CC2)OCC(CN2CCCC2)CO3)C1=O. The number of nitrogens with zero attached hydrogens (tertiary/aromatic N) is 3. The third-order valence-corrected chi connectivity index (χ3v) is 7.17. The Bertz CT molecular complexity index is 659. The van der Waals surface area contributed by atoms with Crippen molar-refractivity contribution in [2.24, 2.45) is 17.8 Å². The number of nitrogens with one attached hydrogen (secondary N) is 1. The Morgan fingerprint density at radius 2 is 1.60 bits per heavy atom. The van der Waals surface area contributed by atoms with E-state index in [0.29, 0.717) is 44.3 Å². The van der Waals surface area contributed by atoms with Gasteiger partial charge in [-0.05, 0) is 44.2 Å². The number of piperazine rings is 1. The molecule has 35 heavy (non-hydrogen) atoms. The van der Waals surface area contributed by atoms with Gasteiger partial charge in [-0.1, -0.05) is 34.6 Å². The van der Waals surface area contributed by atoms with E-state index in [0.717, 1.165) is 38.6 Å². The van der Waals surface area contributed by atoms with Gasteiger partial charge in [-0.25, -0.2) is 0 Å². The Hall–Kier alpha value is -1.22. The van der Waals surface area contributed by atoms with Crippen LogP contribution < -0.4 is 5.32 Å². The molecule has 4 aliphatic heterocycles. The summed E-state index contributed by atoms with van der Waals surface area (Å²) in [5.41, 5.74) is 0. The highest BCUT2D eigenvalue weighted by Gasteiger charge is 2.42. The summed E-state index contributed by atoms with van der Waals surface area (Å²) in [7, 11) is 0. The van der Waals surface area contributed by atoms with Crippen LogP contribution in [0.3, 0.4) is 0 Å². The molecule has 8 heteroatoms. The van der Waals surface area contributed by atoms with Crippen LogP contribution in [0.4, 0.5) is 0 Å². The zero-order valence-corrected chi connectivity index (χ0v) is 22.9. The van der Waals surface area contributed by atoms with Gasteiger partial charge in [0.05, 0.1) is 25.8 Å². The number of likely N-dealkylation sites (tertiary alicyclic amines) is 2. The predicted molar refractivity (Wildman–Crippen MR) is 138 cm³/mol. The molecule has 202 valence electrons. The molecule has 4 fully saturated rings. The van der Waals surface area contributed by atoms with Crippen molar-refractivity contribution in [1.29, 1.82) is 0 Å². The van der Waals surface area contributed by atoms with E-state index in [1.165, 1.54) is 25.9 Å². The molecule has 0 aliphatic carbocycles. The van der Waals surface area contributed by atoms with Gasteiger partial charge in [0.25, 0.3) is 0 Å². The van der Waals surface area contributed by atoms with E-state index in [9.17, 15) is 9.59 Å². The van der Waals surface area contributed by atoms with Gasteiger partial charge in [0.15, 0.2) is 5.79 Å². The molecule has 1 atom stereocenters. The number of hydrogen-bond donors (Lipinski definition) is 1. The summed E-state index contributed by atoms with van der Waals surface area (Å²) in [5, 5.41) is 3.30. The van der Waals surface area contributed by atoms with Crippen molar-refractivity contribution in [1.82, 2.24) is 20.0 Å². The Kier molecular flexibility index (Phi) is 10.8. The Balaban J connectivity index is 0.000000795. The monoisotopic (exact) mass is 494 g/mol. The minimum atomic E-state index is -0.522. The smallest absolute Gasteiger partial charge is 0.242 e. The maximum Gasteiger partial charge on any atom is 0.242 e. The highest BCUT2D eigenvalue weighted by atomic mass is 16.7. The second-order valence-electron chi connectivity index (χ2n) is 11.9. The molecule has 0 radical (unpaired) electrons. The van der Waals surface area contributed by atoms with Gasteiger partial charge in [0.1, 0.15) is 0 Å². The molecule has 2 amide bonds. The van der Waals surface area contributed by atoms with Crippen LogP contribution in [0.2, 0.25) is 0 Å². The van der Waals surface area contributed by atoms with Crippen LogP contribution >= 0.6 is 0 Å². The standard InChI is InChI=1S/C23H40N4O4.C4H10/c1-18(2)13-20-22(29)27(12-7-24-20)15-21(28)26-10-5-23(6-11-26)30-16-19(17-31-23)14-25-8-3-4-9-25;1-4(2)3/h18-20,24H,3-17H2,1-2H3;4H,1-3H3. The number of ether oxygens (including phenoxy) is 2. The average molecular weight is 495 g/mol. The number of carbonyl (C=O) groups is 2. The predicted octanol–water partition coefficient (Wildman–Crippen LogP) is 2.57. The third kappa shape index (κ3) is 8.69. The van der Waals surface area contributed by atoms with Crippen LogP contribution in [0.1, 0.15) is 66.7 Å². The van der Waals surface area contributed by atoms with Crippen molar-refractivity contribution in [3.8, 4) is 0 Å². The first-order valence-electron chi connectivity index (χ1n) is 14.0. The van der Waals surface area contributed by atoms with E-state index in [4.69, 9.17) is 9.47 Å². The van der Waals surface area contributed by atoms with Crippen LogP contribution in [0.15, 0.2) is 0 Å². The summed E-state index contributed by atoms with van der Waals surface area (Å²) in [6, 6.07) is -0.163. The molecule has 1 spiro atoms. The minimum absolute atomic E-state index is 0.0381. The molecule has 1 N–H and O–H groups in total. The van der Waals surface area contributed by atoms with Gasteiger partial charge in [0.2, 0.25) is 11.8 Å². The van der Waals surface area contributed by atoms with Crippen LogP contribution in [0.25, 0.3) is 0 Å². The molecule has 4 heterocycles. The van der Waals surface area contributed by atoms with Gasteiger partial charge in [-0.2, -0.15) is 0 Å². The summed E-state index contributed by atoms with van der Waals surface area (Å²) in [6.45, 7) is 18.5. The highest BCUT2D eigenvalue weighted by Crippen LogP contribution is 2.33. The van der Waals surface area contributed by atoms with Crippen LogP contribution in [0, 0.1) is 17.8 Å². The van der Waals surface area contributed by atoms with Gasteiger partial charge >= 0.3 is 0 Å². The molecule has 0 aromatic heterocycles. The average Bonchev–Trinajstić information content (AvgIpc) is 3.31. The van der Waals surface area contributed by atoms with Crippen molar-refractivity contribution in [2.75, 3.05) is 65.6 Å². The van der Waals surface area contributed by atoms with Crippen LogP contribution in [-0.4, -0.2) is 104 Å². The van der Waals surface area contributed by atoms with E-state index in [1.54, 1.807) is 4.90 Å². The molecular weight excluding hydrogens is 444 g/mol. The Labute approximate surface area is 213 Å². The van der Waals surface area contributed by atoms with Crippen LogP contribution in [0.5, 0.6) is 0 Å². The molecule has 4 rings (SSSR count). The molecule has 1 unspecified atom stereocenters. The lowest BCUT2D eigenvalue weighted by molar-refractivity contribution is -0.298. The van der Waals surface area contributed by atoms with E-state index >= 15 is 0 Å². The van der Waals surface area contributed by atoms with Gasteiger partial charge in [-0.3, -0.25) is 9.59 Å². The molecule has 4 aliphatic rings. The summed E-state index contributed by atoms with van der Waals surface area (Å²) < 4.78 is 12.4. The van der Waals surface area contributed by atoms with E-state index in [2.05, 4.69) is 44.8 Å². The first kappa shape index (κ1) is 28.4. The fourth-order valence-corrected chi connectivity index (χ4v) is 5.32. The molecule has 0 saturated carbocycles. The van der Waals surface area contributed by atoms with Crippen molar-refractivity contribution in [3.63, 3.8) is 0 Å². The molecule has 4 saturated heterocycles. The van der Waals surface area contributed by atoms with Crippen molar-refractivity contribution >= 4 is 11.8 Å². The first-order chi connectivity index (χ1) is 16.7. The maximum absolute atomic E-state index is 12.9. The Morgan fingerprint density at radius 3 is 2.17 bits per heavy atom. The van der Waals surface area contributed by atoms with Crippen molar-refractivity contribution in [2.45, 2.75) is 78.6 Å². The third-order valence-electron chi connectivity index (χ3n) is 7.17. The number of carbonyl (C=O) groups excluding carboxylic acids is 2.